The van der Waals surface area contributed by atoms with E-state index in [0.29, 0.717) is 28.0 Å². The van der Waals surface area contributed by atoms with Crippen molar-refractivity contribution >= 4 is 27.3 Å². The van der Waals surface area contributed by atoms with E-state index < -0.39 is 0 Å². The highest BCUT2D eigenvalue weighted by Gasteiger charge is 2.08. The Labute approximate surface area is 123 Å². The van der Waals surface area contributed by atoms with E-state index in [2.05, 4.69) is 45.3 Å². The molecule has 2 rings (SSSR count). The highest BCUT2D eigenvalue weighted by molar-refractivity contribution is 9.10. The topological polar surface area (TPSA) is 47.0 Å². The number of hydrogen-bond donors (Lipinski definition) is 1. The summed E-state index contributed by atoms with van der Waals surface area (Å²) in [5.74, 6) is 0.194. The molecule has 0 spiro atoms. The molecule has 0 unspecified atom stereocenters. The first-order valence-corrected chi connectivity index (χ1v) is 7.34. The van der Waals surface area contributed by atoms with E-state index in [-0.39, 0.29) is 5.82 Å². The van der Waals surface area contributed by atoms with E-state index in [1.807, 2.05) is 0 Å². The predicted octanol–water partition coefficient (Wildman–Crippen LogP) is 3.73. The maximum Gasteiger partial charge on any atom is 0.299 e. The second kappa shape index (κ2) is 6.40. The van der Waals surface area contributed by atoms with Crippen molar-refractivity contribution in [2.45, 2.75) is 26.4 Å². The van der Waals surface area contributed by atoms with Crippen LogP contribution in [0.2, 0.25) is 0 Å². The van der Waals surface area contributed by atoms with Crippen LogP contribution >= 0.6 is 27.3 Å². The van der Waals surface area contributed by atoms with Crippen molar-refractivity contribution in [2.24, 2.45) is 0 Å². The minimum atomic E-state index is -0.327. The molecule has 0 saturated heterocycles. The summed E-state index contributed by atoms with van der Waals surface area (Å²) in [7, 11) is 0. The molecule has 4 nitrogen and oxygen atoms in total. The van der Waals surface area contributed by atoms with E-state index in [1.54, 1.807) is 12.1 Å². The fourth-order valence-electron chi connectivity index (χ4n) is 1.28. The summed E-state index contributed by atoms with van der Waals surface area (Å²) in [6.07, 6.45) is 0. The first kappa shape index (κ1) is 14.4. The summed E-state index contributed by atoms with van der Waals surface area (Å²) in [5.41, 5.74) is 0. The molecule has 19 heavy (non-hydrogen) atoms. The average Bonchev–Trinajstić information content (AvgIpc) is 2.79. The van der Waals surface area contributed by atoms with Gasteiger partial charge in [0.05, 0.1) is 11.0 Å². The molecule has 1 aromatic heterocycles. The standard InChI is InChI=1S/C12H13BrFN3OS/c1-7(2)15-6-11-16-17-12(19-11)18-8-3-4-10(14)9(13)5-8/h3-5,7,15H,6H2,1-2H3. The molecule has 1 heterocycles. The van der Waals surface area contributed by atoms with Crippen LogP contribution in [-0.4, -0.2) is 16.2 Å². The van der Waals surface area contributed by atoms with E-state index in [9.17, 15) is 4.39 Å². The van der Waals surface area contributed by atoms with Gasteiger partial charge in [0.1, 0.15) is 16.6 Å². The quantitative estimate of drug-likeness (QED) is 0.896. The van der Waals surface area contributed by atoms with Crippen LogP contribution in [-0.2, 0) is 6.54 Å². The molecule has 0 radical (unpaired) electrons. The van der Waals surface area contributed by atoms with Crippen LogP contribution in [0.4, 0.5) is 4.39 Å². The zero-order valence-corrected chi connectivity index (χ0v) is 12.9. The van der Waals surface area contributed by atoms with Crippen molar-refractivity contribution in [3.05, 3.63) is 33.5 Å². The van der Waals surface area contributed by atoms with Gasteiger partial charge in [-0.15, -0.1) is 5.10 Å². The van der Waals surface area contributed by atoms with Gasteiger partial charge >= 0.3 is 0 Å². The summed E-state index contributed by atoms with van der Waals surface area (Å²) in [5, 5.41) is 12.5. The number of halogens is 2. The van der Waals surface area contributed by atoms with Crippen LogP contribution < -0.4 is 10.1 Å². The van der Waals surface area contributed by atoms with Crippen LogP contribution in [0.15, 0.2) is 22.7 Å². The molecular formula is C12H13BrFN3OS. The largest absolute Gasteiger partial charge is 0.430 e. The second-order valence-electron chi connectivity index (χ2n) is 4.18. The lowest BCUT2D eigenvalue weighted by atomic mass is 10.3. The molecule has 0 amide bonds. The van der Waals surface area contributed by atoms with E-state index >= 15 is 0 Å². The van der Waals surface area contributed by atoms with Gasteiger partial charge < -0.3 is 10.1 Å². The van der Waals surface area contributed by atoms with Crippen molar-refractivity contribution in [1.29, 1.82) is 0 Å². The molecule has 0 saturated carbocycles. The summed E-state index contributed by atoms with van der Waals surface area (Å²) < 4.78 is 19.0. The average molecular weight is 346 g/mol. The number of hydrogen-bond acceptors (Lipinski definition) is 5. The zero-order valence-electron chi connectivity index (χ0n) is 10.5. The first-order chi connectivity index (χ1) is 9.04. The number of rotatable bonds is 5. The van der Waals surface area contributed by atoms with Crippen LogP contribution in [0, 0.1) is 5.82 Å². The maximum absolute atomic E-state index is 13.1. The fourth-order valence-corrected chi connectivity index (χ4v) is 2.30. The van der Waals surface area contributed by atoms with Gasteiger partial charge in [-0.3, -0.25) is 0 Å². The smallest absolute Gasteiger partial charge is 0.299 e. The van der Waals surface area contributed by atoms with Crippen LogP contribution in [0.1, 0.15) is 18.9 Å². The Balaban J connectivity index is 2.01. The molecule has 0 fully saturated rings. The molecular weight excluding hydrogens is 333 g/mol. The fraction of sp³-hybridized carbons (Fsp3) is 0.333. The van der Waals surface area contributed by atoms with Crippen LogP contribution in [0.5, 0.6) is 10.9 Å². The highest BCUT2D eigenvalue weighted by Crippen LogP contribution is 2.28. The number of nitrogens with one attached hydrogen (secondary N) is 1. The van der Waals surface area contributed by atoms with Crippen molar-refractivity contribution in [3.63, 3.8) is 0 Å². The van der Waals surface area contributed by atoms with Crippen molar-refractivity contribution in [1.82, 2.24) is 15.5 Å². The van der Waals surface area contributed by atoms with Gasteiger partial charge in [-0.1, -0.05) is 30.3 Å². The van der Waals surface area contributed by atoms with Gasteiger partial charge in [0.25, 0.3) is 5.19 Å². The molecule has 0 atom stereocenters. The lowest BCUT2D eigenvalue weighted by molar-refractivity contribution is 0.470. The molecule has 1 aromatic carbocycles. The van der Waals surface area contributed by atoms with Gasteiger partial charge in [-0.2, -0.15) is 0 Å². The SMILES string of the molecule is CC(C)NCc1nnc(Oc2ccc(F)c(Br)c2)s1. The lowest BCUT2D eigenvalue weighted by Crippen LogP contribution is -2.21. The lowest BCUT2D eigenvalue weighted by Gasteiger charge is -2.04. The molecule has 1 N–H and O–H groups in total. The Bertz CT molecular complexity index is 562. The second-order valence-corrected chi connectivity index (χ2v) is 6.05. The third-order valence-corrected chi connectivity index (χ3v) is 3.61. The zero-order chi connectivity index (χ0) is 13.8. The van der Waals surface area contributed by atoms with Gasteiger partial charge in [-0.25, -0.2) is 4.39 Å². The molecule has 7 heteroatoms. The van der Waals surface area contributed by atoms with Gasteiger partial charge in [0.2, 0.25) is 0 Å². The number of ether oxygens (including phenoxy) is 1. The summed E-state index contributed by atoms with van der Waals surface area (Å²) in [6.45, 7) is 4.79. The predicted molar refractivity (Wildman–Crippen MR) is 76.1 cm³/mol. The van der Waals surface area contributed by atoms with E-state index in [4.69, 9.17) is 4.74 Å². The summed E-state index contributed by atoms with van der Waals surface area (Å²) >= 11 is 4.47. The van der Waals surface area contributed by atoms with Crippen LogP contribution in [0.25, 0.3) is 0 Å². The highest BCUT2D eigenvalue weighted by atomic mass is 79.9. The Morgan fingerprint density at radius 1 is 1.42 bits per heavy atom. The van der Waals surface area contributed by atoms with Crippen molar-refractivity contribution in [2.75, 3.05) is 0 Å². The Hall–Kier alpha value is -1.05. The van der Waals surface area contributed by atoms with Gasteiger partial charge in [0.15, 0.2) is 0 Å². The molecule has 0 aliphatic heterocycles. The first-order valence-electron chi connectivity index (χ1n) is 5.73. The minimum absolute atomic E-state index is 0.327. The number of benzene rings is 1. The third-order valence-electron chi connectivity index (χ3n) is 2.21. The molecule has 0 aliphatic carbocycles. The maximum atomic E-state index is 13.1. The van der Waals surface area contributed by atoms with Gasteiger partial charge in [-0.05, 0) is 34.1 Å². The monoisotopic (exact) mass is 345 g/mol. The normalized spacial score (nSPS) is 11.0. The third kappa shape index (κ3) is 4.22. The molecule has 2 aromatic rings. The molecule has 102 valence electrons. The Kier molecular flexibility index (Phi) is 4.84. The van der Waals surface area contributed by atoms with Crippen molar-refractivity contribution in [3.8, 4) is 10.9 Å². The van der Waals surface area contributed by atoms with E-state index in [0.717, 1.165) is 5.01 Å². The van der Waals surface area contributed by atoms with E-state index in [1.165, 1.54) is 17.4 Å². The molecule has 0 aliphatic rings. The minimum Gasteiger partial charge on any atom is -0.430 e. The van der Waals surface area contributed by atoms with Gasteiger partial charge in [0, 0.05) is 6.04 Å². The number of aromatic nitrogens is 2. The number of nitrogens with zero attached hydrogens (tertiary/aromatic N) is 2. The molecule has 0 bridgehead atoms. The summed E-state index contributed by atoms with van der Waals surface area (Å²) in [4.78, 5) is 0. The van der Waals surface area contributed by atoms with Crippen LogP contribution in [0.3, 0.4) is 0 Å². The Morgan fingerprint density at radius 2 is 2.21 bits per heavy atom. The van der Waals surface area contributed by atoms with Crippen molar-refractivity contribution < 1.29 is 9.13 Å². The summed E-state index contributed by atoms with van der Waals surface area (Å²) in [6, 6.07) is 4.83. The Morgan fingerprint density at radius 3 is 2.89 bits per heavy atom.